The van der Waals surface area contributed by atoms with E-state index in [1.165, 1.54) is 13.2 Å². The zero-order valence-electron chi connectivity index (χ0n) is 15.1. The zero-order chi connectivity index (χ0) is 21.2. The highest BCUT2D eigenvalue weighted by Gasteiger charge is 2.50. The maximum atomic E-state index is 14.1. The lowest BCUT2D eigenvalue weighted by atomic mass is 9.91. The standard InChI is InChI=1S/C18H16F2N4O5/c1-18(12-7-10(19)4-5-13(12)20)15(26)24(17(28)23-18)9-14(25)22-16(27)21-8-11-3-2-6-29-11/h2-7H,8-9H2,1H3,(H,23,28)(H2,21,22,25,27). The van der Waals surface area contributed by atoms with Gasteiger partial charge < -0.3 is 15.1 Å². The lowest BCUT2D eigenvalue weighted by molar-refractivity contribution is -0.134. The summed E-state index contributed by atoms with van der Waals surface area (Å²) in [5.41, 5.74) is -2.28. The molecule has 1 aliphatic rings. The predicted molar refractivity (Wildman–Crippen MR) is 93.0 cm³/mol. The van der Waals surface area contributed by atoms with E-state index in [-0.39, 0.29) is 12.1 Å². The van der Waals surface area contributed by atoms with E-state index in [4.69, 9.17) is 4.42 Å². The van der Waals surface area contributed by atoms with Crippen LogP contribution in [0.3, 0.4) is 0 Å². The van der Waals surface area contributed by atoms with Crippen LogP contribution in [-0.2, 0) is 21.7 Å². The maximum Gasteiger partial charge on any atom is 0.325 e. The molecule has 0 radical (unpaired) electrons. The first-order chi connectivity index (χ1) is 13.7. The number of benzene rings is 1. The Labute approximate surface area is 163 Å². The zero-order valence-corrected chi connectivity index (χ0v) is 15.1. The van der Waals surface area contributed by atoms with Crippen molar-refractivity contribution in [2.24, 2.45) is 0 Å². The fourth-order valence-corrected chi connectivity index (χ4v) is 2.84. The van der Waals surface area contributed by atoms with Crippen LogP contribution in [0.4, 0.5) is 18.4 Å². The molecule has 2 aromatic rings. The Morgan fingerprint density at radius 2 is 2.00 bits per heavy atom. The minimum absolute atomic E-state index is 0.0200. The predicted octanol–water partition coefficient (Wildman–Crippen LogP) is 1.35. The number of carbonyl (C=O) groups excluding carboxylic acids is 4. The molecular formula is C18H16F2N4O5. The molecule has 1 atom stereocenters. The molecule has 1 aliphatic heterocycles. The molecule has 3 rings (SSSR count). The van der Waals surface area contributed by atoms with E-state index >= 15 is 0 Å². The van der Waals surface area contributed by atoms with E-state index in [9.17, 15) is 28.0 Å². The molecule has 0 spiro atoms. The molecule has 6 amide bonds. The Hall–Kier alpha value is -3.76. The highest BCUT2D eigenvalue weighted by atomic mass is 19.1. The molecule has 0 saturated carbocycles. The normalized spacial score (nSPS) is 18.5. The number of halogens is 2. The first-order valence-electron chi connectivity index (χ1n) is 8.40. The summed E-state index contributed by atoms with van der Waals surface area (Å²) in [7, 11) is 0. The summed E-state index contributed by atoms with van der Waals surface area (Å²) in [6, 6.07) is 3.88. The number of hydrogen-bond acceptors (Lipinski definition) is 5. The largest absolute Gasteiger partial charge is 0.467 e. The second-order valence-corrected chi connectivity index (χ2v) is 6.38. The average molecular weight is 406 g/mol. The fraction of sp³-hybridized carbons (Fsp3) is 0.222. The van der Waals surface area contributed by atoms with Crippen LogP contribution in [0.5, 0.6) is 0 Å². The SMILES string of the molecule is CC1(c2cc(F)ccc2F)NC(=O)N(CC(=O)NC(=O)NCc2ccco2)C1=O. The van der Waals surface area contributed by atoms with Gasteiger partial charge in [-0.2, -0.15) is 0 Å². The number of nitrogens with zero attached hydrogens (tertiary/aromatic N) is 1. The van der Waals surface area contributed by atoms with Gasteiger partial charge in [0, 0.05) is 5.56 Å². The van der Waals surface area contributed by atoms with Crippen LogP contribution in [0.1, 0.15) is 18.2 Å². The van der Waals surface area contributed by atoms with Gasteiger partial charge in [0.05, 0.1) is 12.8 Å². The maximum absolute atomic E-state index is 14.1. The van der Waals surface area contributed by atoms with Crippen LogP contribution in [0.25, 0.3) is 0 Å². The van der Waals surface area contributed by atoms with E-state index in [0.717, 1.165) is 18.2 Å². The first-order valence-corrected chi connectivity index (χ1v) is 8.40. The molecule has 0 aliphatic carbocycles. The Kier molecular flexibility index (Phi) is 5.31. The molecule has 1 unspecified atom stereocenters. The molecule has 1 aromatic heterocycles. The summed E-state index contributed by atoms with van der Waals surface area (Å²) < 4.78 is 32.6. The van der Waals surface area contributed by atoms with Crippen LogP contribution in [0, 0.1) is 11.6 Å². The van der Waals surface area contributed by atoms with E-state index in [2.05, 4.69) is 10.6 Å². The minimum Gasteiger partial charge on any atom is -0.467 e. The average Bonchev–Trinajstić information content (AvgIpc) is 3.25. The molecule has 1 aromatic carbocycles. The summed E-state index contributed by atoms with van der Waals surface area (Å²) in [6.07, 6.45) is 1.41. The minimum atomic E-state index is -1.90. The summed E-state index contributed by atoms with van der Waals surface area (Å²) in [5, 5.41) is 6.57. The van der Waals surface area contributed by atoms with Gasteiger partial charge in [-0.1, -0.05) is 0 Å². The van der Waals surface area contributed by atoms with Gasteiger partial charge in [0.2, 0.25) is 5.91 Å². The van der Waals surface area contributed by atoms with Crippen molar-refractivity contribution >= 4 is 23.9 Å². The van der Waals surface area contributed by atoms with Crippen molar-refractivity contribution in [3.05, 3.63) is 59.6 Å². The molecule has 1 fully saturated rings. The van der Waals surface area contributed by atoms with E-state index < -0.39 is 47.6 Å². The number of furan rings is 1. The van der Waals surface area contributed by atoms with Crippen molar-refractivity contribution in [3.8, 4) is 0 Å². The van der Waals surface area contributed by atoms with Crippen molar-refractivity contribution in [3.63, 3.8) is 0 Å². The Morgan fingerprint density at radius 1 is 1.24 bits per heavy atom. The van der Waals surface area contributed by atoms with E-state index in [1.807, 2.05) is 5.32 Å². The van der Waals surface area contributed by atoms with Gasteiger partial charge in [-0.15, -0.1) is 0 Å². The molecule has 2 heterocycles. The molecule has 0 bridgehead atoms. The number of hydrogen-bond donors (Lipinski definition) is 3. The quantitative estimate of drug-likeness (QED) is 0.648. The van der Waals surface area contributed by atoms with Crippen molar-refractivity contribution in [1.82, 2.24) is 20.9 Å². The molecule has 1 saturated heterocycles. The summed E-state index contributed by atoms with van der Waals surface area (Å²) in [5.74, 6) is -3.15. The van der Waals surface area contributed by atoms with Crippen LogP contribution in [0.15, 0.2) is 41.0 Å². The second-order valence-electron chi connectivity index (χ2n) is 6.38. The van der Waals surface area contributed by atoms with Crippen molar-refractivity contribution in [2.75, 3.05) is 6.54 Å². The monoisotopic (exact) mass is 406 g/mol. The Balaban J connectivity index is 1.64. The fourth-order valence-electron chi connectivity index (χ4n) is 2.84. The number of urea groups is 2. The Morgan fingerprint density at radius 3 is 2.69 bits per heavy atom. The third-order valence-corrected chi connectivity index (χ3v) is 4.30. The molecule has 29 heavy (non-hydrogen) atoms. The van der Waals surface area contributed by atoms with E-state index in [1.54, 1.807) is 12.1 Å². The van der Waals surface area contributed by atoms with Crippen LogP contribution in [-0.4, -0.2) is 35.3 Å². The number of rotatable bonds is 5. The van der Waals surface area contributed by atoms with Crippen molar-refractivity contribution in [1.29, 1.82) is 0 Å². The smallest absolute Gasteiger partial charge is 0.325 e. The summed E-state index contributed by atoms with van der Waals surface area (Å²) in [4.78, 5) is 49.1. The topological polar surface area (TPSA) is 121 Å². The summed E-state index contributed by atoms with van der Waals surface area (Å²) in [6.45, 7) is 0.427. The highest BCUT2D eigenvalue weighted by Crippen LogP contribution is 2.31. The molecular weight excluding hydrogens is 390 g/mol. The van der Waals surface area contributed by atoms with Gasteiger partial charge in [0.15, 0.2) is 0 Å². The lowest BCUT2D eigenvalue weighted by Crippen LogP contribution is -2.46. The van der Waals surface area contributed by atoms with Crippen LogP contribution in [0.2, 0.25) is 0 Å². The van der Waals surface area contributed by atoms with E-state index in [0.29, 0.717) is 10.7 Å². The molecule has 152 valence electrons. The lowest BCUT2D eigenvalue weighted by Gasteiger charge is -2.22. The number of nitrogens with one attached hydrogen (secondary N) is 3. The Bertz CT molecular complexity index is 979. The molecule has 9 nitrogen and oxygen atoms in total. The van der Waals surface area contributed by atoms with Crippen LogP contribution < -0.4 is 16.0 Å². The van der Waals surface area contributed by atoms with Gasteiger partial charge in [-0.05, 0) is 37.3 Å². The van der Waals surface area contributed by atoms with Crippen molar-refractivity contribution < 1.29 is 32.4 Å². The van der Waals surface area contributed by atoms with Gasteiger partial charge in [-0.3, -0.25) is 19.8 Å². The van der Waals surface area contributed by atoms with Crippen LogP contribution >= 0.6 is 0 Å². The van der Waals surface area contributed by atoms with Gasteiger partial charge >= 0.3 is 12.1 Å². The summed E-state index contributed by atoms with van der Waals surface area (Å²) >= 11 is 0. The van der Waals surface area contributed by atoms with Gasteiger partial charge in [0.25, 0.3) is 5.91 Å². The molecule has 3 N–H and O–H groups in total. The van der Waals surface area contributed by atoms with Gasteiger partial charge in [0.1, 0.15) is 29.5 Å². The third kappa shape index (κ3) is 4.08. The molecule has 11 heteroatoms. The first kappa shape index (κ1) is 20.0. The number of carbonyl (C=O) groups is 4. The number of amides is 6. The van der Waals surface area contributed by atoms with Crippen molar-refractivity contribution in [2.45, 2.75) is 19.0 Å². The van der Waals surface area contributed by atoms with Gasteiger partial charge in [-0.25, -0.2) is 18.4 Å². The number of imide groups is 2. The third-order valence-electron chi connectivity index (χ3n) is 4.30. The highest BCUT2D eigenvalue weighted by molar-refractivity contribution is 6.10. The second kappa shape index (κ2) is 7.70.